The van der Waals surface area contributed by atoms with E-state index in [9.17, 15) is 9.59 Å². The number of benzene rings is 3. The first-order valence-corrected chi connectivity index (χ1v) is 11.7. The van der Waals surface area contributed by atoms with Crippen molar-refractivity contribution in [3.8, 4) is 11.5 Å². The van der Waals surface area contributed by atoms with Gasteiger partial charge in [0.25, 0.3) is 11.8 Å². The van der Waals surface area contributed by atoms with Crippen molar-refractivity contribution in [3.05, 3.63) is 96.1 Å². The summed E-state index contributed by atoms with van der Waals surface area (Å²) < 4.78 is 11.6. The fourth-order valence-corrected chi connectivity index (χ4v) is 3.43. The van der Waals surface area contributed by atoms with Crippen molar-refractivity contribution in [3.63, 3.8) is 0 Å². The highest BCUT2D eigenvalue weighted by Gasteiger charge is 2.19. The number of para-hydroxylation sites is 2. The van der Waals surface area contributed by atoms with Crippen LogP contribution in [0.3, 0.4) is 0 Å². The molecule has 6 heteroatoms. The van der Waals surface area contributed by atoms with Gasteiger partial charge in [-0.1, -0.05) is 74.5 Å². The smallest absolute Gasteiger partial charge is 0.261 e. The Bertz CT molecular complexity index is 960. The molecular weight excluding hydrogens is 428 g/mol. The lowest BCUT2D eigenvalue weighted by molar-refractivity contribution is -0.128. The van der Waals surface area contributed by atoms with Crippen LogP contribution in [0, 0.1) is 0 Å². The number of hydrogen-bond acceptors (Lipinski definition) is 4. The lowest BCUT2D eigenvalue weighted by Crippen LogP contribution is -2.38. The number of ether oxygens (including phenoxy) is 2. The number of carbonyl (C=O) groups is 2. The van der Waals surface area contributed by atoms with Crippen molar-refractivity contribution in [1.82, 2.24) is 10.6 Å². The van der Waals surface area contributed by atoms with E-state index in [2.05, 4.69) is 10.6 Å². The number of rotatable bonds is 12. The molecule has 2 atom stereocenters. The van der Waals surface area contributed by atoms with Crippen molar-refractivity contribution < 1.29 is 19.1 Å². The molecule has 0 radical (unpaired) electrons. The second-order valence-corrected chi connectivity index (χ2v) is 7.91. The van der Waals surface area contributed by atoms with Gasteiger partial charge in [0.2, 0.25) is 0 Å². The Hall–Kier alpha value is -3.80. The van der Waals surface area contributed by atoms with Gasteiger partial charge in [0.05, 0.1) is 0 Å². The maximum atomic E-state index is 12.6. The van der Waals surface area contributed by atoms with Gasteiger partial charge < -0.3 is 20.1 Å². The SMILES string of the molecule is CC[C@H](Oc1ccccc1)C(=O)NCc1cccc(CNC(=O)[C@H](CC)Oc2ccccc2)c1. The number of nitrogens with one attached hydrogen (secondary N) is 2. The van der Waals surface area contributed by atoms with Crippen LogP contribution in [0.2, 0.25) is 0 Å². The molecule has 3 aromatic rings. The molecule has 2 amide bonds. The molecule has 0 aliphatic carbocycles. The van der Waals surface area contributed by atoms with E-state index >= 15 is 0 Å². The zero-order valence-electron chi connectivity index (χ0n) is 19.7. The summed E-state index contributed by atoms with van der Waals surface area (Å²) in [7, 11) is 0. The average molecular weight is 461 g/mol. The maximum absolute atomic E-state index is 12.6. The molecule has 0 bridgehead atoms. The van der Waals surface area contributed by atoms with Crippen molar-refractivity contribution in [2.45, 2.75) is 52.0 Å². The normalized spacial score (nSPS) is 12.3. The quantitative estimate of drug-likeness (QED) is 0.413. The molecule has 3 aromatic carbocycles. The third-order valence-electron chi connectivity index (χ3n) is 5.29. The van der Waals surface area contributed by atoms with Crippen LogP contribution in [0.15, 0.2) is 84.9 Å². The largest absolute Gasteiger partial charge is 0.481 e. The van der Waals surface area contributed by atoms with E-state index in [1.165, 1.54) is 0 Å². The third kappa shape index (κ3) is 7.66. The highest BCUT2D eigenvalue weighted by Crippen LogP contribution is 2.14. The van der Waals surface area contributed by atoms with Crippen LogP contribution in [0.5, 0.6) is 11.5 Å². The summed E-state index contributed by atoms with van der Waals surface area (Å²) in [5.74, 6) is 1.02. The Kier molecular flexibility index (Phi) is 9.52. The van der Waals surface area contributed by atoms with Gasteiger partial charge >= 0.3 is 0 Å². The number of carbonyl (C=O) groups excluding carboxylic acids is 2. The van der Waals surface area contributed by atoms with Crippen LogP contribution in [0.25, 0.3) is 0 Å². The van der Waals surface area contributed by atoms with Gasteiger partial charge in [-0.15, -0.1) is 0 Å². The van der Waals surface area contributed by atoms with E-state index in [-0.39, 0.29) is 11.8 Å². The molecule has 0 spiro atoms. The summed E-state index contributed by atoms with van der Waals surface area (Å²) in [5, 5.41) is 5.89. The fraction of sp³-hybridized carbons (Fsp3) is 0.286. The van der Waals surface area contributed by atoms with Gasteiger partial charge in [-0.05, 0) is 48.2 Å². The molecule has 6 nitrogen and oxygen atoms in total. The van der Waals surface area contributed by atoms with Gasteiger partial charge in [0, 0.05) is 13.1 Å². The van der Waals surface area contributed by atoms with Gasteiger partial charge in [-0.2, -0.15) is 0 Å². The van der Waals surface area contributed by atoms with Crippen LogP contribution in [-0.4, -0.2) is 24.0 Å². The Morgan fingerprint density at radius 3 is 1.44 bits per heavy atom. The molecule has 178 valence electrons. The van der Waals surface area contributed by atoms with Crippen LogP contribution in [0.1, 0.15) is 37.8 Å². The van der Waals surface area contributed by atoms with Crippen LogP contribution < -0.4 is 20.1 Å². The van der Waals surface area contributed by atoms with Crippen molar-refractivity contribution in [2.24, 2.45) is 0 Å². The summed E-state index contributed by atoms with van der Waals surface area (Å²) >= 11 is 0. The molecule has 0 heterocycles. The van der Waals surface area contributed by atoms with Crippen molar-refractivity contribution >= 4 is 11.8 Å². The highest BCUT2D eigenvalue weighted by atomic mass is 16.5. The number of amides is 2. The standard InChI is InChI=1S/C28H32N2O4/c1-3-25(33-23-14-7-5-8-15-23)27(31)29-19-21-12-11-13-22(18-21)20-30-28(32)26(4-2)34-24-16-9-6-10-17-24/h5-18,25-26H,3-4,19-20H2,1-2H3,(H,29,31)(H,30,32)/t25-,26-/m0/s1. The average Bonchev–Trinajstić information content (AvgIpc) is 2.89. The molecule has 2 N–H and O–H groups in total. The summed E-state index contributed by atoms with van der Waals surface area (Å²) in [6, 6.07) is 26.4. The molecule has 34 heavy (non-hydrogen) atoms. The van der Waals surface area contributed by atoms with Gasteiger partial charge in [0.1, 0.15) is 11.5 Å². The Morgan fingerprint density at radius 2 is 1.06 bits per heavy atom. The third-order valence-corrected chi connectivity index (χ3v) is 5.29. The maximum Gasteiger partial charge on any atom is 0.261 e. The van der Waals surface area contributed by atoms with Gasteiger partial charge in [-0.3, -0.25) is 9.59 Å². The molecule has 0 saturated carbocycles. The van der Waals surface area contributed by atoms with E-state index < -0.39 is 12.2 Å². The van der Waals surface area contributed by atoms with E-state index in [0.717, 1.165) is 11.1 Å². The summed E-state index contributed by atoms with van der Waals surface area (Å²) in [5.41, 5.74) is 1.89. The van der Waals surface area contributed by atoms with Crippen LogP contribution in [-0.2, 0) is 22.7 Å². The minimum absolute atomic E-state index is 0.158. The Labute approximate surface area is 201 Å². The fourth-order valence-electron chi connectivity index (χ4n) is 3.43. The molecule has 0 aromatic heterocycles. The molecule has 0 saturated heterocycles. The predicted octanol–water partition coefficient (Wildman–Crippen LogP) is 4.63. The first-order chi connectivity index (χ1) is 16.6. The topological polar surface area (TPSA) is 76.7 Å². The molecule has 0 unspecified atom stereocenters. The zero-order chi connectivity index (χ0) is 24.2. The van der Waals surface area contributed by atoms with Crippen LogP contribution >= 0.6 is 0 Å². The number of hydrogen-bond donors (Lipinski definition) is 2. The molecule has 0 aliphatic rings. The lowest BCUT2D eigenvalue weighted by Gasteiger charge is -2.18. The van der Waals surface area contributed by atoms with E-state index in [4.69, 9.17) is 9.47 Å². The van der Waals surface area contributed by atoms with Gasteiger partial charge in [0.15, 0.2) is 12.2 Å². The minimum atomic E-state index is -0.555. The monoisotopic (exact) mass is 460 g/mol. The minimum Gasteiger partial charge on any atom is -0.481 e. The zero-order valence-corrected chi connectivity index (χ0v) is 19.7. The summed E-state index contributed by atoms with van der Waals surface area (Å²) in [6.07, 6.45) is 0.0216. The molecule has 0 aliphatic heterocycles. The van der Waals surface area contributed by atoms with E-state index in [1.807, 2.05) is 98.8 Å². The van der Waals surface area contributed by atoms with Crippen molar-refractivity contribution in [2.75, 3.05) is 0 Å². The summed E-state index contributed by atoms with van der Waals surface area (Å²) in [6.45, 7) is 4.59. The predicted molar refractivity (Wildman–Crippen MR) is 132 cm³/mol. The summed E-state index contributed by atoms with van der Waals surface area (Å²) in [4.78, 5) is 25.2. The first-order valence-electron chi connectivity index (χ1n) is 11.7. The van der Waals surface area contributed by atoms with Crippen LogP contribution in [0.4, 0.5) is 0 Å². The second kappa shape index (κ2) is 13.0. The van der Waals surface area contributed by atoms with E-state index in [1.54, 1.807) is 0 Å². The Morgan fingerprint density at radius 1 is 0.647 bits per heavy atom. The van der Waals surface area contributed by atoms with Crippen molar-refractivity contribution in [1.29, 1.82) is 0 Å². The van der Waals surface area contributed by atoms with E-state index in [0.29, 0.717) is 37.4 Å². The molecular formula is C28H32N2O4. The second-order valence-electron chi connectivity index (χ2n) is 7.91. The molecule has 0 fully saturated rings. The first kappa shape index (κ1) is 24.8. The lowest BCUT2D eigenvalue weighted by atomic mass is 10.1. The molecule has 3 rings (SSSR count). The highest BCUT2D eigenvalue weighted by molar-refractivity contribution is 5.81. The Balaban J connectivity index is 1.50. The van der Waals surface area contributed by atoms with Gasteiger partial charge in [-0.25, -0.2) is 0 Å².